The third-order valence-electron chi connectivity index (χ3n) is 3.07. The largest absolute Gasteiger partial charge is 0.494 e. The van der Waals surface area contributed by atoms with Gasteiger partial charge in [0.15, 0.2) is 0 Å². The average Bonchev–Trinajstić information content (AvgIpc) is 2.55. The van der Waals surface area contributed by atoms with Gasteiger partial charge in [0.05, 0.1) is 12.2 Å². The molecule has 0 radical (unpaired) electrons. The van der Waals surface area contributed by atoms with Crippen LogP contribution < -0.4 is 4.74 Å². The lowest BCUT2D eigenvalue weighted by molar-refractivity contribution is 0.0632. The summed E-state index contributed by atoms with van der Waals surface area (Å²) < 4.78 is 24.2. The van der Waals surface area contributed by atoms with Crippen molar-refractivity contribution in [3.63, 3.8) is 0 Å². The van der Waals surface area contributed by atoms with Gasteiger partial charge in [-0.15, -0.1) is 0 Å². The van der Waals surface area contributed by atoms with Crippen molar-refractivity contribution in [3.8, 4) is 11.8 Å². The topological polar surface area (TPSA) is 59.3 Å². The number of nitrogens with zero attached hydrogens (tertiary/aromatic N) is 1. The highest BCUT2D eigenvalue weighted by atomic mass is 19.1. The van der Waals surface area contributed by atoms with Crippen LogP contribution in [0.15, 0.2) is 48.3 Å². The number of alkyl halides is 1. The van der Waals surface area contributed by atoms with E-state index in [1.165, 1.54) is 12.2 Å². The van der Waals surface area contributed by atoms with Gasteiger partial charge in [0.25, 0.3) is 0 Å². The molecule has 0 saturated carbocycles. The second-order valence-corrected chi connectivity index (χ2v) is 4.88. The summed E-state index contributed by atoms with van der Waals surface area (Å²) in [6.07, 6.45) is 4.55. The van der Waals surface area contributed by atoms with Crippen LogP contribution in [0.3, 0.4) is 0 Å². The highest BCUT2D eigenvalue weighted by molar-refractivity contribution is 5.90. The van der Waals surface area contributed by atoms with E-state index in [2.05, 4.69) is 0 Å². The maximum Gasteiger partial charge on any atom is 0.343 e. The number of rotatable bonds is 5. The Morgan fingerprint density at radius 2 is 2.14 bits per heavy atom. The summed E-state index contributed by atoms with van der Waals surface area (Å²) in [5.74, 6) is 0.382. The Morgan fingerprint density at radius 3 is 2.68 bits per heavy atom. The van der Waals surface area contributed by atoms with Crippen LogP contribution in [-0.2, 0) is 4.74 Å². The number of esters is 1. The Hall–Kier alpha value is -2.61. The van der Waals surface area contributed by atoms with Crippen LogP contribution >= 0.6 is 0 Å². The molecule has 1 atom stereocenters. The van der Waals surface area contributed by atoms with Gasteiger partial charge >= 0.3 is 5.97 Å². The maximum absolute atomic E-state index is 13.6. The summed E-state index contributed by atoms with van der Waals surface area (Å²) in [6, 6.07) is 8.16. The third kappa shape index (κ3) is 3.95. The molecule has 114 valence electrons. The molecule has 22 heavy (non-hydrogen) atoms. The molecule has 0 N–H and O–H groups in total. The zero-order valence-corrected chi connectivity index (χ0v) is 12.2. The Kier molecular flexibility index (Phi) is 4.95. The normalized spacial score (nSPS) is 20.0. The fourth-order valence-electron chi connectivity index (χ4n) is 1.83. The molecule has 0 amide bonds. The van der Waals surface area contributed by atoms with E-state index in [-0.39, 0.29) is 12.2 Å². The predicted octanol–water partition coefficient (Wildman–Crippen LogP) is 3.71. The monoisotopic (exact) mass is 301 g/mol. The number of halogens is 1. The predicted molar refractivity (Wildman–Crippen MR) is 78.9 cm³/mol. The Bertz CT molecular complexity index is 643. The standard InChI is InChI=1S/C17H16FNO3/c1-2-11-21-14-5-3-13(4-6-14)16(20)22-15-7-9-17(18,12-19)10-8-15/h3-9H,2,10-11H2,1H3. The summed E-state index contributed by atoms with van der Waals surface area (Å²) in [6.45, 7) is 2.63. The smallest absolute Gasteiger partial charge is 0.343 e. The summed E-state index contributed by atoms with van der Waals surface area (Å²) in [5.41, 5.74) is -1.65. The molecule has 1 aliphatic carbocycles. The van der Waals surface area contributed by atoms with Crippen LogP contribution in [0.4, 0.5) is 4.39 Å². The molecule has 5 heteroatoms. The molecule has 1 aliphatic rings. The highest BCUT2D eigenvalue weighted by Crippen LogP contribution is 2.25. The summed E-state index contributed by atoms with van der Waals surface area (Å²) in [5, 5.41) is 8.66. The summed E-state index contributed by atoms with van der Waals surface area (Å²) >= 11 is 0. The molecular formula is C17H16FNO3. The van der Waals surface area contributed by atoms with Gasteiger partial charge in [-0.2, -0.15) is 5.26 Å². The first-order valence-electron chi connectivity index (χ1n) is 7.01. The summed E-state index contributed by atoms with van der Waals surface area (Å²) in [4.78, 5) is 12.0. The van der Waals surface area contributed by atoms with E-state index in [0.717, 1.165) is 12.5 Å². The number of nitriles is 1. The second-order valence-electron chi connectivity index (χ2n) is 4.88. The lowest BCUT2D eigenvalue weighted by atomic mass is 9.98. The maximum atomic E-state index is 13.6. The van der Waals surface area contributed by atoms with Crippen molar-refractivity contribution >= 4 is 5.97 Å². The molecule has 0 spiro atoms. The van der Waals surface area contributed by atoms with Gasteiger partial charge in [-0.3, -0.25) is 0 Å². The molecule has 0 bridgehead atoms. The fourth-order valence-corrected chi connectivity index (χ4v) is 1.83. The van der Waals surface area contributed by atoms with E-state index in [4.69, 9.17) is 14.7 Å². The van der Waals surface area contributed by atoms with Crippen molar-refractivity contribution in [1.82, 2.24) is 0 Å². The van der Waals surface area contributed by atoms with Crippen molar-refractivity contribution in [2.75, 3.05) is 6.61 Å². The molecule has 0 aromatic heterocycles. The Labute approximate surface area is 128 Å². The van der Waals surface area contributed by atoms with Gasteiger partial charge in [0.1, 0.15) is 17.6 Å². The van der Waals surface area contributed by atoms with Gasteiger partial charge in [0.2, 0.25) is 5.67 Å². The first-order valence-corrected chi connectivity index (χ1v) is 7.01. The van der Waals surface area contributed by atoms with E-state index >= 15 is 0 Å². The van der Waals surface area contributed by atoms with Crippen LogP contribution in [0.25, 0.3) is 0 Å². The Morgan fingerprint density at radius 1 is 1.41 bits per heavy atom. The van der Waals surface area contributed by atoms with E-state index < -0.39 is 11.6 Å². The van der Waals surface area contributed by atoms with E-state index in [1.807, 2.05) is 6.92 Å². The molecule has 1 aromatic carbocycles. The third-order valence-corrected chi connectivity index (χ3v) is 3.07. The SMILES string of the molecule is CCCOc1ccc(C(=O)OC2=CCC(F)(C#N)C=C2)cc1. The second kappa shape index (κ2) is 6.90. The van der Waals surface area contributed by atoms with Gasteiger partial charge in [-0.1, -0.05) is 6.92 Å². The molecule has 0 fully saturated rings. The molecule has 0 saturated heterocycles. The molecule has 0 aliphatic heterocycles. The van der Waals surface area contributed by atoms with E-state index in [0.29, 0.717) is 17.9 Å². The molecule has 0 heterocycles. The molecule has 4 nitrogen and oxygen atoms in total. The van der Waals surface area contributed by atoms with Gasteiger partial charge in [0, 0.05) is 6.42 Å². The van der Waals surface area contributed by atoms with Crippen molar-refractivity contribution in [2.24, 2.45) is 0 Å². The zero-order valence-electron chi connectivity index (χ0n) is 12.2. The molecular weight excluding hydrogens is 285 g/mol. The minimum atomic E-state index is -2.02. The fraction of sp³-hybridized carbons (Fsp3) is 0.294. The first kappa shape index (κ1) is 15.8. The number of ether oxygens (including phenoxy) is 2. The number of benzene rings is 1. The first-order chi connectivity index (χ1) is 10.6. The van der Waals surface area contributed by atoms with Crippen LogP contribution in [-0.4, -0.2) is 18.2 Å². The zero-order chi connectivity index (χ0) is 16.0. The lowest BCUT2D eigenvalue weighted by Gasteiger charge is -2.16. The van der Waals surface area contributed by atoms with Gasteiger partial charge in [-0.05, 0) is 48.9 Å². The van der Waals surface area contributed by atoms with Gasteiger partial charge in [-0.25, -0.2) is 9.18 Å². The number of carbonyl (C=O) groups excluding carboxylic acids is 1. The highest BCUT2D eigenvalue weighted by Gasteiger charge is 2.28. The van der Waals surface area contributed by atoms with Crippen LogP contribution in [0.2, 0.25) is 0 Å². The minimum Gasteiger partial charge on any atom is -0.494 e. The number of hydrogen-bond donors (Lipinski definition) is 0. The van der Waals surface area contributed by atoms with Crippen LogP contribution in [0.5, 0.6) is 5.75 Å². The molecule has 1 unspecified atom stereocenters. The molecule has 2 rings (SSSR count). The number of hydrogen-bond acceptors (Lipinski definition) is 4. The number of allylic oxidation sites excluding steroid dienone is 3. The average molecular weight is 301 g/mol. The lowest BCUT2D eigenvalue weighted by Crippen LogP contribution is -2.19. The van der Waals surface area contributed by atoms with E-state index in [1.54, 1.807) is 30.3 Å². The quantitative estimate of drug-likeness (QED) is 0.778. The van der Waals surface area contributed by atoms with E-state index in [9.17, 15) is 9.18 Å². The van der Waals surface area contributed by atoms with Crippen LogP contribution in [0.1, 0.15) is 30.1 Å². The van der Waals surface area contributed by atoms with Crippen molar-refractivity contribution < 1.29 is 18.7 Å². The van der Waals surface area contributed by atoms with Gasteiger partial charge < -0.3 is 9.47 Å². The molecule has 1 aromatic rings. The number of carbonyl (C=O) groups is 1. The van der Waals surface area contributed by atoms with Crippen molar-refractivity contribution in [2.45, 2.75) is 25.4 Å². The van der Waals surface area contributed by atoms with Crippen molar-refractivity contribution in [3.05, 3.63) is 53.8 Å². The van der Waals surface area contributed by atoms with Crippen molar-refractivity contribution in [1.29, 1.82) is 5.26 Å². The minimum absolute atomic E-state index is 0.133. The Balaban J connectivity index is 1.96. The van der Waals surface area contributed by atoms with Crippen LogP contribution in [0, 0.1) is 11.3 Å². The summed E-state index contributed by atoms with van der Waals surface area (Å²) in [7, 11) is 0.